The lowest BCUT2D eigenvalue weighted by Gasteiger charge is -2.21. The molecule has 1 aliphatic rings. The summed E-state index contributed by atoms with van der Waals surface area (Å²) in [6, 6.07) is 9.97. The molecule has 0 radical (unpaired) electrons. The number of amides is 1. The molecule has 1 amide bonds. The van der Waals surface area contributed by atoms with Crippen LogP contribution >= 0.6 is 11.8 Å². The first kappa shape index (κ1) is 13.5. The zero-order valence-corrected chi connectivity index (χ0v) is 12.2. The van der Waals surface area contributed by atoms with Crippen LogP contribution in [0.5, 0.6) is 0 Å². The topological polar surface area (TPSA) is 42.7 Å². The SMILES string of the molecule is COCCCN1C(=O)CSC1c1cc2ccccc2o1. The maximum Gasteiger partial charge on any atom is 0.233 e. The van der Waals surface area contributed by atoms with Crippen molar-refractivity contribution >= 4 is 28.6 Å². The maximum atomic E-state index is 12.0. The van der Waals surface area contributed by atoms with Crippen molar-refractivity contribution in [3.05, 3.63) is 36.1 Å². The number of para-hydroxylation sites is 1. The fraction of sp³-hybridized carbons (Fsp3) is 0.400. The zero-order valence-electron chi connectivity index (χ0n) is 11.4. The monoisotopic (exact) mass is 291 g/mol. The van der Waals surface area contributed by atoms with E-state index in [0.717, 1.165) is 23.2 Å². The van der Waals surface area contributed by atoms with Crippen molar-refractivity contribution in [3.8, 4) is 0 Å². The third-order valence-corrected chi connectivity index (χ3v) is 4.62. The predicted molar refractivity (Wildman–Crippen MR) is 79.6 cm³/mol. The molecule has 2 aromatic rings. The van der Waals surface area contributed by atoms with E-state index in [1.165, 1.54) is 0 Å². The summed E-state index contributed by atoms with van der Waals surface area (Å²) in [6.07, 6.45) is 0.847. The van der Waals surface area contributed by atoms with Gasteiger partial charge in [-0.15, -0.1) is 11.8 Å². The van der Waals surface area contributed by atoms with Crippen LogP contribution in [0.15, 0.2) is 34.7 Å². The minimum Gasteiger partial charge on any atom is -0.458 e. The van der Waals surface area contributed by atoms with Crippen molar-refractivity contribution in [2.75, 3.05) is 26.0 Å². The number of furan rings is 1. The summed E-state index contributed by atoms with van der Waals surface area (Å²) in [5, 5.41) is 1.08. The van der Waals surface area contributed by atoms with Crippen LogP contribution < -0.4 is 0 Å². The molecule has 0 spiro atoms. The van der Waals surface area contributed by atoms with Gasteiger partial charge in [-0.3, -0.25) is 4.79 Å². The van der Waals surface area contributed by atoms with Gasteiger partial charge in [-0.1, -0.05) is 18.2 Å². The molecule has 1 unspecified atom stereocenters. The second-order valence-electron chi connectivity index (χ2n) is 4.78. The van der Waals surface area contributed by atoms with Gasteiger partial charge in [-0.05, 0) is 18.6 Å². The Hall–Kier alpha value is -1.46. The number of fused-ring (bicyclic) bond motifs is 1. The average molecular weight is 291 g/mol. The van der Waals surface area contributed by atoms with E-state index in [1.807, 2.05) is 35.2 Å². The normalized spacial score (nSPS) is 19.1. The van der Waals surface area contributed by atoms with Gasteiger partial charge in [0.2, 0.25) is 5.91 Å². The zero-order chi connectivity index (χ0) is 13.9. The highest BCUT2D eigenvalue weighted by Crippen LogP contribution is 2.40. The van der Waals surface area contributed by atoms with Crippen LogP contribution in [0.4, 0.5) is 0 Å². The summed E-state index contributed by atoms with van der Waals surface area (Å²) in [5.41, 5.74) is 0.874. The Morgan fingerprint density at radius 2 is 2.30 bits per heavy atom. The third kappa shape index (κ3) is 2.55. The first-order valence-electron chi connectivity index (χ1n) is 6.68. The van der Waals surface area contributed by atoms with Crippen LogP contribution in [0.2, 0.25) is 0 Å². The summed E-state index contributed by atoms with van der Waals surface area (Å²) >= 11 is 1.63. The lowest BCUT2D eigenvalue weighted by Crippen LogP contribution is -2.29. The third-order valence-electron chi connectivity index (χ3n) is 3.40. The van der Waals surface area contributed by atoms with Crippen molar-refractivity contribution in [1.82, 2.24) is 4.90 Å². The van der Waals surface area contributed by atoms with Gasteiger partial charge in [-0.25, -0.2) is 0 Å². The molecule has 1 saturated heterocycles. The number of methoxy groups -OCH3 is 1. The molecule has 3 rings (SSSR count). The molecule has 1 aliphatic heterocycles. The van der Waals surface area contributed by atoms with E-state index in [2.05, 4.69) is 0 Å². The molecular weight excluding hydrogens is 274 g/mol. The molecule has 0 N–H and O–H groups in total. The Labute approximate surface area is 122 Å². The predicted octanol–water partition coefficient (Wildman–Crippen LogP) is 3.04. The van der Waals surface area contributed by atoms with Gasteiger partial charge in [0.05, 0.1) is 5.75 Å². The van der Waals surface area contributed by atoms with Crippen molar-refractivity contribution < 1.29 is 13.9 Å². The average Bonchev–Trinajstić information content (AvgIpc) is 3.03. The Balaban J connectivity index is 1.81. The number of ether oxygens (including phenoxy) is 1. The van der Waals surface area contributed by atoms with E-state index >= 15 is 0 Å². The summed E-state index contributed by atoms with van der Waals surface area (Å²) in [6.45, 7) is 1.38. The van der Waals surface area contributed by atoms with Gasteiger partial charge >= 0.3 is 0 Å². The highest BCUT2D eigenvalue weighted by atomic mass is 32.2. The quantitative estimate of drug-likeness (QED) is 0.794. The molecule has 20 heavy (non-hydrogen) atoms. The Morgan fingerprint density at radius 1 is 1.45 bits per heavy atom. The molecule has 1 fully saturated rings. The van der Waals surface area contributed by atoms with Gasteiger partial charge < -0.3 is 14.1 Å². The summed E-state index contributed by atoms with van der Waals surface area (Å²) in [7, 11) is 1.68. The summed E-state index contributed by atoms with van der Waals surface area (Å²) in [5.74, 6) is 1.56. The lowest BCUT2D eigenvalue weighted by molar-refractivity contribution is -0.128. The number of benzene rings is 1. The number of carbonyl (C=O) groups is 1. The molecule has 1 aromatic carbocycles. The Bertz CT molecular complexity index is 577. The molecule has 0 aliphatic carbocycles. The standard InChI is InChI=1S/C15H17NO3S/c1-18-8-4-7-16-14(17)10-20-15(16)13-9-11-5-2-3-6-12(11)19-13/h2-3,5-6,9,15H,4,7-8,10H2,1H3. The van der Waals surface area contributed by atoms with Gasteiger partial charge in [0.1, 0.15) is 16.7 Å². The molecule has 0 saturated carbocycles. The summed E-state index contributed by atoms with van der Waals surface area (Å²) in [4.78, 5) is 13.9. The molecular formula is C15H17NO3S. The highest BCUT2D eigenvalue weighted by molar-refractivity contribution is 8.00. The fourth-order valence-electron chi connectivity index (χ4n) is 2.43. The van der Waals surface area contributed by atoms with E-state index in [-0.39, 0.29) is 11.3 Å². The largest absolute Gasteiger partial charge is 0.458 e. The Morgan fingerprint density at radius 3 is 3.10 bits per heavy atom. The smallest absolute Gasteiger partial charge is 0.233 e. The lowest BCUT2D eigenvalue weighted by atomic mass is 10.2. The first-order chi connectivity index (χ1) is 9.79. The van der Waals surface area contributed by atoms with E-state index in [4.69, 9.17) is 9.15 Å². The molecule has 2 heterocycles. The number of nitrogens with zero attached hydrogens (tertiary/aromatic N) is 1. The molecule has 0 bridgehead atoms. The van der Waals surface area contributed by atoms with Crippen LogP contribution in [-0.2, 0) is 9.53 Å². The molecule has 1 atom stereocenters. The van der Waals surface area contributed by atoms with Crippen molar-refractivity contribution in [2.45, 2.75) is 11.8 Å². The molecule has 106 valence electrons. The first-order valence-corrected chi connectivity index (χ1v) is 7.73. The van der Waals surface area contributed by atoms with Crippen LogP contribution in [0.3, 0.4) is 0 Å². The van der Waals surface area contributed by atoms with Crippen molar-refractivity contribution in [3.63, 3.8) is 0 Å². The number of carbonyl (C=O) groups excluding carboxylic acids is 1. The van der Waals surface area contributed by atoms with E-state index < -0.39 is 0 Å². The number of thioether (sulfide) groups is 1. The molecule has 1 aromatic heterocycles. The van der Waals surface area contributed by atoms with Gasteiger partial charge in [-0.2, -0.15) is 0 Å². The molecule has 5 heteroatoms. The fourth-order valence-corrected chi connectivity index (χ4v) is 3.58. The molecule has 4 nitrogen and oxygen atoms in total. The van der Waals surface area contributed by atoms with Crippen molar-refractivity contribution in [2.24, 2.45) is 0 Å². The van der Waals surface area contributed by atoms with E-state index in [1.54, 1.807) is 18.9 Å². The van der Waals surface area contributed by atoms with Crippen LogP contribution in [-0.4, -0.2) is 36.8 Å². The summed E-state index contributed by atoms with van der Waals surface area (Å²) < 4.78 is 10.9. The second kappa shape index (κ2) is 5.89. The minimum atomic E-state index is -0.00763. The number of rotatable bonds is 5. The van der Waals surface area contributed by atoms with Gasteiger partial charge in [0.15, 0.2) is 0 Å². The van der Waals surface area contributed by atoms with Crippen LogP contribution in [0, 0.1) is 0 Å². The second-order valence-corrected chi connectivity index (χ2v) is 5.85. The van der Waals surface area contributed by atoms with E-state index in [0.29, 0.717) is 18.9 Å². The number of hydrogen-bond donors (Lipinski definition) is 0. The van der Waals surface area contributed by atoms with Crippen LogP contribution in [0.25, 0.3) is 11.0 Å². The van der Waals surface area contributed by atoms with Gasteiger partial charge in [0.25, 0.3) is 0 Å². The minimum absolute atomic E-state index is 0.00763. The highest BCUT2D eigenvalue weighted by Gasteiger charge is 2.34. The maximum absolute atomic E-state index is 12.0. The van der Waals surface area contributed by atoms with Gasteiger partial charge in [0, 0.05) is 25.6 Å². The van der Waals surface area contributed by atoms with Crippen molar-refractivity contribution in [1.29, 1.82) is 0 Å². The Kier molecular flexibility index (Phi) is 3.98. The van der Waals surface area contributed by atoms with E-state index in [9.17, 15) is 4.79 Å². The van der Waals surface area contributed by atoms with Crippen LogP contribution in [0.1, 0.15) is 17.6 Å². The number of hydrogen-bond acceptors (Lipinski definition) is 4.